The number of halogens is 1. The molecule has 0 radical (unpaired) electrons. The lowest BCUT2D eigenvalue weighted by Gasteiger charge is -2.35. The Morgan fingerprint density at radius 3 is 2.71 bits per heavy atom. The summed E-state index contributed by atoms with van der Waals surface area (Å²) in [5.41, 5.74) is 0. The van der Waals surface area contributed by atoms with Crippen LogP contribution in [0.4, 0.5) is 0 Å². The third-order valence-corrected chi connectivity index (χ3v) is 5.42. The van der Waals surface area contributed by atoms with Crippen LogP contribution in [0.15, 0.2) is 34.1 Å². The highest BCUT2D eigenvalue weighted by Gasteiger charge is 2.27. The Hall–Kier alpha value is -1.30. The van der Waals surface area contributed by atoms with Crippen LogP contribution in [0.25, 0.3) is 0 Å². The minimum Gasteiger partial charge on any atom is -0.465 e. The molecule has 0 bridgehead atoms. The summed E-state index contributed by atoms with van der Waals surface area (Å²) < 4.78 is 5.86. The molecule has 0 saturated carbocycles. The van der Waals surface area contributed by atoms with E-state index in [4.69, 9.17) is 4.42 Å². The van der Waals surface area contributed by atoms with Gasteiger partial charge in [-0.1, -0.05) is 13.0 Å². The van der Waals surface area contributed by atoms with Gasteiger partial charge in [0.2, 0.25) is 0 Å². The van der Waals surface area contributed by atoms with E-state index in [0.29, 0.717) is 6.54 Å². The van der Waals surface area contributed by atoms with Crippen LogP contribution in [0.3, 0.4) is 0 Å². The molecule has 0 aromatic carbocycles. The predicted molar refractivity (Wildman–Crippen MR) is 100 cm³/mol. The van der Waals surface area contributed by atoms with Crippen LogP contribution in [0.5, 0.6) is 0 Å². The van der Waals surface area contributed by atoms with E-state index in [-0.39, 0.29) is 24.4 Å². The Balaban J connectivity index is 0.00000208. The largest absolute Gasteiger partial charge is 0.465 e. The first-order valence-corrected chi connectivity index (χ1v) is 9.13. The Bertz CT molecular complexity index is 633. The van der Waals surface area contributed by atoms with Gasteiger partial charge in [-0.25, -0.2) is 0 Å². The summed E-state index contributed by atoms with van der Waals surface area (Å²) in [6, 6.07) is 7.90. The van der Waals surface area contributed by atoms with Crippen molar-refractivity contribution in [3.63, 3.8) is 0 Å². The molecule has 4 nitrogen and oxygen atoms in total. The standard InChI is InChI=1S/C18H24N2O2S.ClH/c1-13-7-9-20(10-8-13)15(16-6-5-14(2)22-16)12-19-18(21)17-4-3-11-23-17;/h3-6,11,13,15H,7-10,12H2,1-2H3,(H,19,21);1H. The van der Waals surface area contributed by atoms with Crippen LogP contribution in [0.2, 0.25) is 0 Å². The monoisotopic (exact) mass is 368 g/mol. The van der Waals surface area contributed by atoms with Gasteiger partial charge in [0.25, 0.3) is 5.91 Å². The number of furan rings is 1. The fraction of sp³-hybridized carbons (Fsp3) is 0.500. The minimum absolute atomic E-state index is 0. The molecule has 1 atom stereocenters. The average Bonchev–Trinajstić information content (AvgIpc) is 3.21. The summed E-state index contributed by atoms with van der Waals surface area (Å²) in [5, 5.41) is 5.00. The first-order chi connectivity index (χ1) is 11.1. The van der Waals surface area contributed by atoms with Crippen molar-refractivity contribution < 1.29 is 9.21 Å². The second-order valence-corrected chi connectivity index (χ2v) is 7.32. The highest BCUT2D eigenvalue weighted by atomic mass is 35.5. The SMILES string of the molecule is Cc1ccc(C(CNC(=O)c2cccs2)N2CCC(C)CC2)o1.Cl. The van der Waals surface area contributed by atoms with Gasteiger partial charge in [0, 0.05) is 6.54 Å². The smallest absolute Gasteiger partial charge is 0.261 e. The van der Waals surface area contributed by atoms with Crippen LogP contribution < -0.4 is 5.32 Å². The van der Waals surface area contributed by atoms with Gasteiger partial charge < -0.3 is 9.73 Å². The van der Waals surface area contributed by atoms with E-state index >= 15 is 0 Å². The predicted octanol–water partition coefficient (Wildman–Crippen LogP) is 4.27. The number of piperidine rings is 1. The fourth-order valence-corrected chi connectivity index (χ4v) is 3.71. The van der Waals surface area contributed by atoms with Crippen molar-refractivity contribution in [2.24, 2.45) is 5.92 Å². The maximum absolute atomic E-state index is 12.2. The number of nitrogens with one attached hydrogen (secondary N) is 1. The zero-order chi connectivity index (χ0) is 16.2. The lowest BCUT2D eigenvalue weighted by Crippen LogP contribution is -2.41. The van der Waals surface area contributed by atoms with Crippen LogP contribution in [-0.2, 0) is 0 Å². The number of carbonyl (C=O) groups is 1. The van der Waals surface area contributed by atoms with Crippen molar-refractivity contribution in [1.82, 2.24) is 10.2 Å². The van der Waals surface area contributed by atoms with Crippen molar-refractivity contribution in [3.05, 3.63) is 46.0 Å². The first kappa shape index (κ1) is 19.0. The number of hydrogen-bond acceptors (Lipinski definition) is 4. The fourth-order valence-electron chi connectivity index (χ4n) is 3.07. The molecule has 0 spiro atoms. The lowest BCUT2D eigenvalue weighted by atomic mass is 9.97. The van der Waals surface area contributed by atoms with Gasteiger partial charge in [0.1, 0.15) is 11.5 Å². The van der Waals surface area contributed by atoms with Gasteiger partial charge in [0.15, 0.2) is 0 Å². The number of nitrogens with zero attached hydrogens (tertiary/aromatic N) is 1. The number of thiophene rings is 1. The molecule has 2 aromatic rings. The van der Waals surface area contributed by atoms with Crippen LogP contribution in [-0.4, -0.2) is 30.4 Å². The van der Waals surface area contributed by atoms with E-state index in [1.54, 1.807) is 0 Å². The van der Waals surface area contributed by atoms with Gasteiger partial charge in [-0.05, 0) is 62.4 Å². The maximum Gasteiger partial charge on any atom is 0.261 e. The summed E-state index contributed by atoms with van der Waals surface area (Å²) in [7, 11) is 0. The van der Waals surface area contributed by atoms with Crippen LogP contribution in [0, 0.1) is 12.8 Å². The number of carbonyl (C=O) groups excluding carboxylic acids is 1. The second-order valence-electron chi connectivity index (χ2n) is 6.37. The molecule has 3 rings (SSSR count). The van der Waals surface area contributed by atoms with Crippen molar-refractivity contribution in [1.29, 1.82) is 0 Å². The molecule has 1 N–H and O–H groups in total. The van der Waals surface area contributed by atoms with E-state index in [9.17, 15) is 4.79 Å². The molecule has 2 aromatic heterocycles. The van der Waals surface area contributed by atoms with E-state index < -0.39 is 0 Å². The van der Waals surface area contributed by atoms with Gasteiger partial charge in [-0.3, -0.25) is 9.69 Å². The number of rotatable bonds is 5. The molecule has 24 heavy (non-hydrogen) atoms. The Morgan fingerprint density at radius 2 is 2.12 bits per heavy atom. The number of hydrogen-bond donors (Lipinski definition) is 1. The zero-order valence-corrected chi connectivity index (χ0v) is 15.8. The summed E-state index contributed by atoms with van der Waals surface area (Å²) in [6.07, 6.45) is 2.41. The van der Waals surface area contributed by atoms with Crippen LogP contribution >= 0.6 is 23.7 Å². The van der Waals surface area contributed by atoms with Gasteiger partial charge in [-0.2, -0.15) is 0 Å². The third-order valence-electron chi connectivity index (χ3n) is 4.55. The Labute approximate surface area is 153 Å². The van der Waals surface area contributed by atoms with Gasteiger partial charge >= 0.3 is 0 Å². The first-order valence-electron chi connectivity index (χ1n) is 8.25. The van der Waals surface area contributed by atoms with Crippen molar-refractivity contribution >= 4 is 29.7 Å². The third kappa shape index (κ3) is 4.62. The molecule has 1 unspecified atom stereocenters. The number of aryl methyl sites for hydroxylation is 1. The topological polar surface area (TPSA) is 45.5 Å². The lowest BCUT2D eigenvalue weighted by molar-refractivity contribution is 0.0898. The molecule has 1 amide bonds. The molecular formula is C18H25ClN2O2S. The van der Waals surface area contributed by atoms with E-state index in [1.807, 2.05) is 36.6 Å². The van der Waals surface area contributed by atoms with Crippen LogP contribution in [0.1, 0.15) is 47.0 Å². The van der Waals surface area contributed by atoms with E-state index in [2.05, 4.69) is 17.1 Å². The molecule has 6 heteroatoms. The maximum atomic E-state index is 12.2. The van der Waals surface area contributed by atoms with E-state index in [0.717, 1.165) is 35.4 Å². The highest BCUT2D eigenvalue weighted by Crippen LogP contribution is 2.27. The minimum atomic E-state index is -0.00124. The van der Waals surface area contributed by atoms with E-state index in [1.165, 1.54) is 24.2 Å². The molecule has 1 aliphatic rings. The quantitative estimate of drug-likeness (QED) is 0.856. The highest BCUT2D eigenvalue weighted by molar-refractivity contribution is 7.12. The molecule has 1 aliphatic heterocycles. The molecule has 132 valence electrons. The Morgan fingerprint density at radius 1 is 1.38 bits per heavy atom. The van der Waals surface area contributed by atoms with Gasteiger partial charge in [0.05, 0.1) is 10.9 Å². The molecule has 0 aliphatic carbocycles. The second kappa shape index (κ2) is 8.70. The number of amides is 1. The Kier molecular flexibility index (Phi) is 6.90. The molecule has 3 heterocycles. The molecule has 1 fully saturated rings. The molecule has 1 saturated heterocycles. The summed E-state index contributed by atoms with van der Waals surface area (Å²) in [6.45, 7) is 6.96. The van der Waals surface area contributed by atoms with Crippen molar-refractivity contribution in [3.8, 4) is 0 Å². The van der Waals surface area contributed by atoms with Crippen molar-refractivity contribution in [2.45, 2.75) is 32.7 Å². The zero-order valence-electron chi connectivity index (χ0n) is 14.2. The number of likely N-dealkylation sites (tertiary alicyclic amines) is 1. The summed E-state index contributed by atoms with van der Waals surface area (Å²) in [4.78, 5) is 15.4. The normalized spacial score (nSPS) is 17.2. The summed E-state index contributed by atoms with van der Waals surface area (Å²) >= 11 is 1.47. The van der Waals surface area contributed by atoms with Crippen molar-refractivity contribution in [2.75, 3.05) is 19.6 Å². The van der Waals surface area contributed by atoms with Gasteiger partial charge in [-0.15, -0.1) is 23.7 Å². The summed E-state index contributed by atoms with van der Waals surface area (Å²) in [5.74, 6) is 2.65. The average molecular weight is 369 g/mol. The molecular weight excluding hydrogens is 344 g/mol.